The average molecular weight is 245 g/mol. The number of benzene rings is 1. The molecule has 2 heteroatoms. The summed E-state index contributed by atoms with van der Waals surface area (Å²) in [5.74, 6) is 1.04. The van der Waals surface area contributed by atoms with E-state index in [0.29, 0.717) is 17.6 Å². The third kappa shape index (κ3) is 2.54. The van der Waals surface area contributed by atoms with Gasteiger partial charge in [0.15, 0.2) is 0 Å². The standard InChI is InChI=1S/C16H23NO/c1-3-17-15(16(2)9-10-16)12-5-4-6-14(11-12)18-13-7-8-13/h4-6,11,13,15,17H,3,7-10H2,1-2H3. The molecule has 0 aromatic heterocycles. The lowest BCUT2D eigenvalue weighted by molar-refractivity contribution is 0.301. The summed E-state index contributed by atoms with van der Waals surface area (Å²) < 4.78 is 5.90. The Hall–Kier alpha value is -1.02. The minimum Gasteiger partial charge on any atom is -0.490 e. The lowest BCUT2D eigenvalue weighted by Gasteiger charge is -2.25. The predicted molar refractivity (Wildman–Crippen MR) is 73.9 cm³/mol. The topological polar surface area (TPSA) is 21.3 Å². The van der Waals surface area contributed by atoms with Crippen molar-refractivity contribution in [3.63, 3.8) is 0 Å². The first-order valence-corrected chi connectivity index (χ1v) is 7.21. The smallest absolute Gasteiger partial charge is 0.120 e. The highest BCUT2D eigenvalue weighted by molar-refractivity contribution is 5.33. The minimum atomic E-state index is 0.453. The van der Waals surface area contributed by atoms with Gasteiger partial charge < -0.3 is 10.1 Å². The first-order valence-electron chi connectivity index (χ1n) is 7.21. The van der Waals surface area contributed by atoms with E-state index >= 15 is 0 Å². The quantitative estimate of drug-likeness (QED) is 0.825. The zero-order valence-electron chi connectivity index (χ0n) is 11.4. The summed E-state index contributed by atoms with van der Waals surface area (Å²) in [6, 6.07) is 9.15. The van der Waals surface area contributed by atoms with Gasteiger partial charge in [-0.05, 0) is 55.3 Å². The van der Waals surface area contributed by atoms with E-state index in [1.54, 1.807) is 0 Å². The van der Waals surface area contributed by atoms with Crippen LogP contribution in [0.1, 0.15) is 51.1 Å². The van der Waals surface area contributed by atoms with Crippen LogP contribution in [0.25, 0.3) is 0 Å². The first kappa shape index (κ1) is 12.0. The second kappa shape index (κ2) is 4.58. The molecule has 2 fully saturated rings. The molecule has 0 heterocycles. The van der Waals surface area contributed by atoms with E-state index in [1.807, 2.05) is 0 Å². The van der Waals surface area contributed by atoms with Gasteiger partial charge in [-0.2, -0.15) is 0 Å². The molecule has 1 N–H and O–H groups in total. The molecule has 18 heavy (non-hydrogen) atoms. The van der Waals surface area contributed by atoms with Gasteiger partial charge >= 0.3 is 0 Å². The zero-order valence-corrected chi connectivity index (χ0v) is 11.4. The fourth-order valence-electron chi connectivity index (χ4n) is 2.60. The Morgan fingerprint density at radius 3 is 2.78 bits per heavy atom. The predicted octanol–water partition coefficient (Wildman–Crippen LogP) is 3.68. The molecule has 0 aliphatic heterocycles. The summed E-state index contributed by atoms with van der Waals surface area (Å²) in [6.07, 6.45) is 5.59. The van der Waals surface area contributed by atoms with Gasteiger partial charge in [-0.15, -0.1) is 0 Å². The molecule has 2 aliphatic carbocycles. The maximum atomic E-state index is 5.90. The second-order valence-corrected chi connectivity index (χ2v) is 6.03. The Morgan fingerprint density at radius 1 is 1.39 bits per heavy atom. The fraction of sp³-hybridized carbons (Fsp3) is 0.625. The number of hydrogen-bond acceptors (Lipinski definition) is 2. The van der Waals surface area contributed by atoms with Crippen LogP contribution in [0.3, 0.4) is 0 Å². The van der Waals surface area contributed by atoms with Crippen molar-refractivity contribution in [2.45, 2.75) is 51.7 Å². The maximum Gasteiger partial charge on any atom is 0.120 e. The molecule has 1 unspecified atom stereocenters. The zero-order chi connectivity index (χ0) is 12.6. The Kier molecular flexibility index (Phi) is 3.06. The van der Waals surface area contributed by atoms with Crippen LogP contribution in [-0.2, 0) is 0 Å². The molecule has 0 radical (unpaired) electrons. The Labute approximate surface area is 110 Å². The molecular formula is C16H23NO. The highest BCUT2D eigenvalue weighted by atomic mass is 16.5. The summed E-state index contributed by atoms with van der Waals surface area (Å²) in [7, 11) is 0. The Bertz CT molecular complexity index is 421. The molecular weight excluding hydrogens is 222 g/mol. The van der Waals surface area contributed by atoms with E-state index in [-0.39, 0.29) is 0 Å². The minimum absolute atomic E-state index is 0.453. The van der Waals surface area contributed by atoms with Gasteiger partial charge in [0.2, 0.25) is 0 Å². The average Bonchev–Trinajstić information content (AvgIpc) is 3.26. The van der Waals surface area contributed by atoms with Crippen LogP contribution >= 0.6 is 0 Å². The molecule has 0 saturated heterocycles. The van der Waals surface area contributed by atoms with Gasteiger partial charge in [-0.3, -0.25) is 0 Å². The number of rotatable bonds is 6. The monoisotopic (exact) mass is 245 g/mol. The molecule has 1 aromatic carbocycles. The Balaban J connectivity index is 1.79. The normalized spacial score (nSPS) is 22.6. The molecule has 0 bridgehead atoms. The molecule has 3 rings (SSSR count). The summed E-state index contributed by atoms with van der Waals surface area (Å²) in [4.78, 5) is 0. The van der Waals surface area contributed by atoms with E-state index in [2.05, 4.69) is 43.4 Å². The van der Waals surface area contributed by atoms with Crippen molar-refractivity contribution in [2.24, 2.45) is 5.41 Å². The van der Waals surface area contributed by atoms with Gasteiger partial charge in [-0.25, -0.2) is 0 Å². The van der Waals surface area contributed by atoms with Crippen molar-refractivity contribution in [1.29, 1.82) is 0 Å². The molecule has 2 aliphatic rings. The molecule has 1 atom stereocenters. The van der Waals surface area contributed by atoms with Crippen molar-refractivity contribution in [1.82, 2.24) is 5.32 Å². The Morgan fingerprint density at radius 2 is 2.17 bits per heavy atom. The van der Waals surface area contributed by atoms with Gasteiger partial charge in [0.25, 0.3) is 0 Å². The third-order valence-electron chi connectivity index (χ3n) is 4.16. The SMILES string of the molecule is CCNC(c1cccc(OC2CC2)c1)C1(C)CC1. The van der Waals surface area contributed by atoms with E-state index in [9.17, 15) is 0 Å². The lowest BCUT2D eigenvalue weighted by Crippen LogP contribution is -2.27. The number of nitrogens with one attached hydrogen (secondary N) is 1. The van der Waals surface area contributed by atoms with Crippen molar-refractivity contribution in [3.05, 3.63) is 29.8 Å². The first-order chi connectivity index (χ1) is 8.71. The number of ether oxygens (including phenoxy) is 1. The molecule has 2 nitrogen and oxygen atoms in total. The lowest BCUT2D eigenvalue weighted by atomic mass is 9.91. The van der Waals surface area contributed by atoms with E-state index < -0.39 is 0 Å². The van der Waals surface area contributed by atoms with Crippen LogP contribution in [0.15, 0.2) is 24.3 Å². The van der Waals surface area contributed by atoms with Gasteiger partial charge in [0, 0.05) is 6.04 Å². The summed E-state index contributed by atoms with van der Waals surface area (Å²) in [5.41, 5.74) is 1.84. The van der Waals surface area contributed by atoms with Crippen molar-refractivity contribution in [2.75, 3.05) is 6.54 Å². The van der Waals surface area contributed by atoms with Crippen molar-refractivity contribution in [3.8, 4) is 5.75 Å². The van der Waals surface area contributed by atoms with E-state index in [1.165, 1.54) is 31.2 Å². The third-order valence-corrected chi connectivity index (χ3v) is 4.16. The number of hydrogen-bond donors (Lipinski definition) is 1. The van der Waals surface area contributed by atoms with Crippen LogP contribution in [0.4, 0.5) is 0 Å². The summed E-state index contributed by atoms with van der Waals surface area (Å²) in [5, 5.41) is 3.64. The summed E-state index contributed by atoms with van der Waals surface area (Å²) >= 11 is 0. The molecule has 0 amide bonds. The molecule has 1 aromatic rings. The van der Waals surface area contributed by atoms with Crippen LogP contribution < -0.4 is 10.1 Å². The van der Waals surface area contributed by atoms with Crippen molar-refractivity contribution >= 4 is 0 Å². The van der Waals surface area contributed by atoms with Crippen LogP contribution in [-0.4, -0.2) is 12.6 Å². The van der Waals surface area contributed by atoms with Crippen LogP contribution in [0.2, 0.25) is 0 Å². The summed E-state index contributed by atoms with van der Waals surface area (Å²) in [6.45, 7) is 5.59. The van der Waals surface area contributed by atoms with Crippen LogP contribution in [0.5, 0.6) is 5.75 Å². The van der Waals surface area contributed by atoms with E-state index in [4.69, 9.17) is 4.74 Å². The maximum absolute atomic E-state index is 5.90. The largest absolute Gasteiger partial charge is 0.490 e. The van der Waals surface area contributed by atoms with Crippen LogP contribution in [0, 0.1) is 5.41 Å². The molecule has 98 valence electrons. The van der Waals surface area contributed by atoms with Gasteiger partial charge in [0.1, 0.15) is 5.75 Å². The van der Waals surface area contributed by atoms with E-state index in [0.717, 1.165) is 12.3 Å². The molecule has 2 saturated carbocycles. The highest BCUT2D eigenvalue weighted by Crippen LogP contribution is 2.54. The second-order valence-electron chi connectivity index (χ2n) is 6.03. The van der Waals surface area contributed by atoms with Crippen molar-refractivity contribution < 1.29 is 4.74 Å². The molecule has 0 spiro atoms. The highest BCUT2D eigenvalue weighted by Gasteiger charge is 2.45. The van der Waals surface area contributed by atoms with Gasteiger partial charge in [-0.1, -0.05) is 26.0 Å². The van der Waals surface area contributed by atoms with Gasteiger partial charge in [0.05, 0.1) is 6.10 Å². The fourth-order valence-corrected chi connectivity index (χ4v) is 2.60.